The molecule has 2 heterocycles. The number of imidazole rings is 1. The first kappa shape index (κ1) is 14.0. The van der Waals surface area contributed by atoms with Crippen LogP contribution in [0, 0.1) is 5.92 Å². The highest BCUT2D eigenvalue weighted by Gasteiger charge is 2.38. The van der Waals surface area contributed by atoms with Crippen LogP contribution >= 0.6 is 0 Å². The lowest BCUT2D eigenvalue weighted by atomic mass is 9.75. The van der Waals surface area contributed by atoms with Gasteiger partial charge < -0.3 is 9.67 Å². The Hall–Kier alpha value is -1.61. The fourth-order valence-corrected chi connectivity index (χ4v) is 4.52. The second-order valence-electron chi connectivity index (χ2n) is 6.94. The minimum absolute atomic E-state index is 0.107. The zero-order valence-corrected chi connectivity index (χ0v) is 13.2. The number of nitrogens with zero attached hydrogens (tertiary/aromatic N) is 2. The van der Waals surface area contributed by atoms with Crippen LogP contribution < -0.4 is 0 Å². The van der Waals surface area contributed by atoms with Crippen molar-refractivity contribution < 1.29 is 5.11 Å². The second-order valence-corrected chi connectivity index (χ2v) is 6.94. The molecule has 0 amide bonds. The van der Waals surface area contributed by atoms with Crippen LogP contribution in [0.25, 0.3) is 11.3 Å². The Kier molecular flexibility index (Phi) is 3.53. The molecule has 1 saturated carbocycles. The van der Waals surface area contributed by atoms with Gasteiger partial charge in [0.15, 0.2) is 0 Å². The van der Waals surface area contributed by atoms with Gasteiger partial charge in [0.1, 0.15) is 0 Å². The van der Waals surface area contributed by atoms with Crippen molar-refractivity contribution in [3.63, 3.8) is 0 Å². The Morgan fingerprint density at radius 3 is 2.77 bits per heavy atom. The van der Waals surface area contributed by atoms with Crippen molar-refractivity contribution in [3.05, 3.63) is 42.4 Å². The molecule has 0 bridgehead atoms. The molecule has 3 unspecified atom stereocenters. The van der Waals surface area contributed by atoms with E-state index < -0.39 is 0 Å². The van der Waals surface area contributed by atoms with E-state index in [2.05, 4.69) is 40.7 Å². The largest absolute Gasteiger partial charge is 0.391 e. The maximum atomic E-state index is 11.1. The van der Waals surface area contributed by atoms with Crippen molar-refractivity contribution in [1.82, 2.24) is 9.55 Å². The molecule has 1 aromatic carbocycles. The minimum Gasteiger partial charge on any atom is -0.391 e. The minimum atomic E-state index is -0.281. The van der Waals surface area contributed by atoms with Crippen LogP contribution in [0.4, 0.5) is 0 Å². The van der Waals surface area contributed by atoms with Gasteiger partial charge in [-0.05, 0) is 24.3 Å². The number of benzene rings is 1. The van der Waals surface area contributed by atoms with Crippen LogP contribution in [0.5, 0.6) is 0 Å². The molecule has 116 valence electrons. The summed E-state index contributed by atoms with van der Waals surface area (Å²) in [5.74, 6) is 0.747. The van der Waals surface area contributed by atoms with E-state index in [-0.39, 0.29) is 12.1 Å². The van der Waals surface area contributed by atoms with Gasteiger partial charge in [-0.1, -0.05) is 50.5 Å². The average molecular weight is 296 g/mol. The van der Waals surface area contributed by atoms with Crippen molar-refractivity contribution in [2.24, 2.45) is 5.92 Å². The molecule has 1 aliphatic heterocycles. The van der Waals surface area contributed by atoms with Crippen LogP contribution in [0.3, 0.4) is 0 Å². The number of aromatic nitrogens is 2. The normalized spacial score (nSPS) is 26.3. The SMILES string of the molecule is CC1c2ccccc2-c2cncn2C1C(O)C1CCCCC1. The summed E-state index contributed by atoms with van der Waals surface area (Å²) in [7, 11) is 0. The maximum absolute atomic E-state index is 11.1. The molecule has 3 heteroatoms. The highest BCUT2D eigenvalue weighted by atomic mass is 16.3. The smallest absolute Gasteiger partial charge is 0.0954 e. The first-order valence-corrected chi connectivity index (χ1v) is 8.56. The molecule has 4 rings (SSSR count). The highest BCUT2D eigenvalue weighted by molar-refractivity contribution is 5.66. The molecule has 1 fully saturated rings. The van der Waals surface area contributed by atoms with E-state index in [1.807, 2.05) is 12.5 Å². The van der Waals surface area contributed by atoms with Crippen LogP contribution in [0.2, 0.25) is 0 Å². The number of fused-ring (bicyclic) bond motifs is 3. The number of rotatable bonds is 2. The van der Waals surface area contributed by atoms with Crippen LogP contribution in [0.1, 0.15) is 56.6 Å². The van der Waals surface area contributed by atoms with Gasteiger partial charge in [0.25, 0.3) is 0 Å². The second kappa shape index (κ2) is 5.54. The number of aliphatic hydroxyl groups excluding tert-OH is 1. The molecule has 0 radical (unpaired) electrons. The monoisotopic (exact) mass is 296 g/mol. The third kappa shape index (κ3) is 2.11. The number of hydrogen-bond donors (Lipinski definition) is 1. The Balaban J connectivity index is 1.74. The van der Waals surface area contributed by atoms with Crippen LogP contribution in [-0.4, -0.2) is 20.8 Å². The van der Waals surface area contributed by atoms with Gasteiger partial charge in [0, 0.05) is 11.5 Å². The zero-order chi connectivity index (χ0) is 15.1. The van der Waals surface area contributed by atoms with Gasteiger partial charge in [-0.25, -0.2) is 4.98 Å². The molecule has 22 heavy (non-hydrogen) atoms. The molecule has 2 aromatic rings. The van der Waals surface area contributed by atoms with Crippen molar-refractivity contribution in [2.75, 3.05) is 0 Å². The summed E-state index contributed by atoms with van der Waals surface area (Å²) < 4.78 is 2.21. The van der Waals surface area contributed by atoms with Gasteiger partial charge >= 0.3 is 0 Å². The van der Waals surface area contributed by atoms with E-state index in [1.54, 1.807) is 0 Å². The van der Waals surface area contributed by atoms with Crippen LogP contribution in [0.15, 0.2) is 36.8 Å². The fraction of sp³-hybridized carbons (Fsp3) is 0.526. The molecule has 0 saturated heterocycles. The molecule has 3 atom stereocenters. The van der Waals surface area contributed by atoms with Gasteiger partial charge in [-0.3, -0.25) is 0 Å². The molecule has 1 aromatic heterocycles. The molecule has 3 nitrogen and oxygen atoms in total. The summed E-state index contributed by atoms with van der Waals surface area (Å²) >= 11 is 0. The molecular formula is C19H24N2O. The fourth-order valence-electron chi connectivity index (χ4n) is 4.52. The van der Waals surface area contributed by atoms with Crippen molar-refractivity contribution >= 4 is 0 Å². The lowest BCUT2D eigenvalue weighted by Gasteiger charge is -2.40. The summed E-state index contributed by atoms with van der Waals surface area (Å²) in [5.41, 5.74) is 3.75. The third-order valence-electron chi connectivity index (χ3n) is 5.71. The first-order valence-electron chi connectivity index (χ1n) is 8.56. The molecule has 1 N–H and O–H groups in total. The Labute approximate surface area is 132 Å². The van der Waals surface area contributed by atoms with Gasteiger partial charge in [0.2, 0.25) is 0 Å². The molecule has 1 aliphatic carbocycles. The summed E-state index contributed by atoms with van der Waals surface area (Å²) in [4.78, 5) is 4.37. The van der Waals surface area contributed by atoms with Gasteiger partial charge in [0.05, 0.1) is 30.4 Å². The van der Waals surface area contributed by atoms with Crippen molar-refractivity contribution in [2.45, 2.75) is 57.1 Å². The predicted molar refractivity (Wildman–Crippen MR) is 87.7 cm³/mol. The zero-order valence-electron chi connectivity index (χ0n) is 13.2. The Morgan fingerprint density at radius 2 is 1.95 bits per heavy atom. The van der Waals surface area contributed by atoms with E-state index in [4.69, 9.17) is 0 Å². The quantitative estimate of drug-likeness (QED) is 0.904. The average Bonchev–Trinajstić information content (AvgIpc) is 3.05. The summed E-state index contributed by atoms with van der Waals surface area (Å²) in [5, 5.41) is 11.1. The summed E-state index contributed by atoms with van der Waals surface area (Å²) in [6.07, 6.45) is 9.72. The lowest BCUT2D eigenvalue weighted by molar-refractivity contribution is 0.0288. The number of aliphatic hydroxyl groups is 1. The summed E-state index contributed by atoms with van der Waals surface area (Å²) in [6, 6.07) is 8.67. The lowest BCUT2D eigenvalue weighted by Crippen LogP contribution is -2.37. The van der Waals surface area contributed by atoms with E-state index in [1.165, 1.54) is 30.4 Å². The topological polar surface area (TPSA) is 38.0 Å². The molecular weight excluding hydrogens is 272 g/mol. The Bertz CT molecular complexity index is 657. The standard InChI is InChI=1S/C19H24N2O/c1-13-15-9-5-6-10-16(15)17-11-20-12-21(17)18(13)19(22)14-7-3-2-4-8-14/h5-6,9-14,18-19,22H,2-4,7-8H2,1H3. The maximum Gasteiger partial charge on any atom is 0.0954 e. The van der Waals surface area contributed by atoms with Crippen molar-refractivity contribution in [1.29, 1.82) is 0 Å². The predicted octanol–water partition coefficient (Wildman–Crippen LogP) is 4.15. The van der Waals surface area contributed by atoms with E-state index in [0.29, 0.717) is 11.8 Å². The van der Waals surface area contributed by atoms with E-state index in [9.17, 15) is 5.11 Å². The molecule has 0 spiro atoms. The Morgan fingerprint density at radius 1 is 1.18 bits per heavy atom. The van der Waals surface area contributed by atoms with E-state index in [0.717, 1.165) is 18.5 Å². The first-order chi connectivity index (χ1) is 10.8. The summed E-state index contributed by atoms with van der Waals surface area (Å²) in [6.45, 7) is 2.25. The van der Waals surface area contributed by atoms with Gasteiger partial charge in [-0.2, -0.15) is 0 Å². The van der Waals surface area contributed by atoms with Crippen LogP contribution in [-0.2, 0) is 0 Å². The highest BCUT2D eigenvalue weighted by Crippen LogP contribution is 2.46. The van der Waals surface area contributed by atoms with Gasteiger partial charge in [-0.15, -0.1) is 0 Å². The molecule has 2 aliphatic rings. The number of hydrogen-bond acceptors (Lipinski definition) is 2. The van der Waals surface area contributed by atoms with E-state index >= 15 is 0 Å². The third-order valence-corrected chi connectivity index (χ3v) is 5.71. The van der Waals surface area contributed by atoms with Crippen molar-refractivity contribution in [3.8, 4) is 11.3 Å².